The zero-order chi connectivity index (χ0) is 8.55. The monoisotopic (exact) mass is 160 g/mol. The molecule has 1 heterocycles. The summed E-state index contributed by atoms with van der Waals surface area (Å²) in [4.78, 5) is 0. The fourth-order valence-electron chi connectivity index (χ4n) is 1.22. The van der Waals surface area contributed by atoms with Crippen LogP contribution in [-0.2, 0) is 9.47 Å². The summed E-state index contributed by atoms with van der Waals surface area (Å²) in [7, 11) is 5.60. The van der Waals surface area contributed by atoms with Crippen molar-refractivity contribution in [2.75, 3.05) is 0 Å². The molecular formula is C9H9BO2. The van der Waals surface area contributed by atoms with Gasteiger partial charge in [-0.05, 0) is 6.92 Å². The topological polar surface area (TPSA) is 18.5 Å². The molecule has 0 aromatic heterocycles. The van der Waals surface area contributed by atoms with Gasteiger partial charge in [-0.2, -0.15) is 0 Å². The molecular weight excluding hydrogens is 151 g/mol. The maximum Gasteiger partial charge on any atom is 0.189 e. The van der Waals surface area contributed by atoms with Gasteiger partial charge in [0.2, 0.25) is 0 Å². The van der Waals surface area contributed by atoms with E-state index in [4.69, 9.17) is 17.3 Å². The molecule has 12 heavy (non-hydrogen) atoms. The van der Waals surface area contributed by atoms with E-state index in [2.05, 4.69) is 0 Å². The van der Waals surface area contributed by atoms with Crippen LogP contribution < -0.4 is 5.46 Å². The maximum atomic E-state index is 5.60. The van der Waals surface area contributed by atoms with E-state index in [-0.39, 0.29) is 12.6 Å². The van der Waals surface area contributed by atoms with Crippen LogP contribution in [0.1, 0.15) is 18.8 Å². The minimum absolute atomic E-state index is 0.0866. The molecule has 1 fully saturated rings. The van der Waals surface area contributed by atoms with Crippen LogP contribution in [0.5, 0.6) is 0 Å². The standard InChI is InChI=1S/C9H9BO2/c1-6-11-9(12-6)7-3-2-4-8(10)5-7/h2-6,9H,1H3. The van der Waals surface area contributed by atoms with Crippen molar-refractivity contribution in [1.82, 2.24) is 0 Å². The molecule has 1 saturated heterocycles. The van der Waals surface area contributed by atoms with Crippen LogP contribution in [0, 0.1) is 0 Å². The van der Waals surface area contributed by atoms with Gasteiger partial charge in [0.25, 0.3) is 0 Å². The van der Waals surface area contributed by atoms with Gasteiger partial charge in [-0.15, -0.1) is 0 Å². The molecule has 1 aromatic carbocycles. The lowest BCUT2D eigenvalue weighted by molar-refractivity contribution is -0.382. The van der Waals surface area contributed by atoms with E-state index in [1.54, 1.807) is 0 Å². The molecule has 0 bridgehead atoms. The van der Waals surface area contributed by atoms with Crippen molar-refractivity contribution in [3.63, 3.8) is 0 Å². The first-order valence-electron chi connectivity index (χ1n) is 3.92. The molecule has 1 aliphatic rings. The number of ether oxygens (including phenoxy) is 2. The van der Waals surface area contributed by atoms with Crippen LogP contribution in [-0.4, -0.2) is 14.1 Å². The molecule has 1 aliphatic heterocycles. The van der Waals surface area contributed by atoms with Gasteiger partial charge in [0.1, 0.15) is 7.85 Å². The molecule has 0 amide bonds. The number of rotatable bonds is 1. The second-order valence-corrected chi connectivity index (χ2v) is 2.84. The number of hydrogen-bond donors (Lipinski definition) is 0. The van der Waals surface area contributed by atoms with Gasteiger partial charge in [0.05, 0.1) is 0 Å². The lowest BCUT2D eigenvalue weighted by atomic mass is 9.94. The van der Waals surface area contributed by atoms with Crippen molar-refractivity contribution < 1.29 is 9.47 Å². The average Bonchev–Trinajstić information content (AvgIpc) is 1.99. The number of hydrogen-bond acceptors (Lipinski definition) is 2. The molecule has 0 atom stereocenters. The molecule has 2 rings (SSSR count). The molecule has 0 N–H and O–H groups in total. The molecule has 2 nitrogen and oxygen atoms in total. The summed E-state index contributed by atoms with van der Waals surface area (Å²) in [6.07, 6.45) is -0.306. The van der Waals surface area contributed by atoms with E-state index in [0.717, 1.165) is 11.0 Å². The second-order valence-electron chi connectivity index (χ2n) is 2.84. The lowest BCUT2D eigenvalue weighted by Crippen LogP contribution is -2.32. The smallest absolute Gasteiger partial charge is 0.189 e. The Kier molecular flexibility index (Phi) is 1.91. The summed E-state index contributed by atoms with van der Waals surface area (Å²) in [6.45, 7) is 1.86. The summed E-state index contributed by atoms with van der Waals surface area (Å²) in [5, 5.41) is 0. The van der Waals surface area contributed by atoms with Crippen molar-refractivity contribution in [2.24, 2.45) is 0 Å². The minimum atomic E-state index is -0.219. The Hall–Kier alpha value is -0.795. The Morgan fingerprint density at radius 2 is 2.08 bits per heavy atom. The third kappa shape index (κ3) is 1.38. The first-order chi connectivity index (χ1) is 5.75. The summed E-state index contributed by atoms with van der Waals surface area (Å²) in [6, 6.07) is 7.52. The molecule has 1 aromatic rings. The Labute approximate surface area is 72.9 Å². The SMILES string of the molecule is [B]c1cccc(C2OC(C)O2)c1. The van der Waals surface area contributed by atoms with Gasteiger partial charge in [0.15, 0.2) is 12.6 Å². The third-order valence-corrected chi connectivity index (χ3v) is 1.81. The Morgan fingerprint density at radius 1 is 1.33 bits per heavy atom. The normalized spacial score (nSPS) is 28.1. The summed E-state index contributed by atoms with van der Waals surface area (Å²) < 4.78 is 10.6. The van der Waals surface area contributed by atoms with Crippen LogP contribution in [0.15, 0.2) is 24.3 Å². The highest BCUT2D eigenvalue weighted by Crippen LogP contribution is 2.30. The first kappa shape index (κ1) is 7.83. The van der Waals surface area contributed by atoms with E-state index in [0.29, 0.717) is 0 Å². The Balaban J connectivity index is 2.13. The quantitative estimate of drug-likeness (QED) is 0.567. The van der Waals surface area contributed by atoms with Crippen molar-refractivity contribution in [3.8, 4) is 0 Å². The fraction of sp³-hybridized carbons (Fsp3) is 0.333. The summed E-state index contributed by atoms with van der Waals surface area (Å²) in [5.41, 5.74) is 1.72. The van der Waals surface area contributed by atoms with E-state index >= 15 is 0 Å². The van der Waals surface area contributed by atoms with Crippen LogP contribution in [0.25, 0.3) is 0 Å². The third-order valence-electron chi connectivity index (χ3n) is 1.81. The molecule has 60 valence electrons. The Morgan fingerprint density at radius 3 is 2.67 bits per heavy atom. The lowest BCUT2D eigenvalue weighted by Gasteiger charge is -2.34. The zero-order valence-corrected chi connectivity index (χ0v) is 6.86. The fourth-order valence-corrected chi connectivity index (χ4v) is 1.22. The van der Waals surface area contributed by atoms with Crippen LogP contribution in [0.3, 0.4) is 0 Å². The highest BCUT2D eigenvalue weighted by atomic mass is 16.9. The molecule has 0 saturated carbocycles. The predicted octanol–water partition coefficient (Wildman–Crippen LogP) is 0.872. The van der Waals surface area contributed by atoms with Crippen molar-refractivity contribution in [3.05, 3.63) is 29.8 Å². The molecule has 0 aliphatic carbocycles. The van der Waals surface area contributed by atoms with Gasteiger partial charge < -0.3 is 9.47 Å². The minimum Gasteiger partial charge on any atom is -0.320 e. The zero-order valence-electron chi connectivity index (χ0n) is 6.86. The predicted molar refractivity (Wildman–Crippen MR) is 46.2 cm³/mol. The van der Waals surface area contributed by atoms with Gasteiger partial charge in [-0.3, -0.25) is 0 Å². The first-order valence-corrected chi connectivity index (χ1v) is 3.92. The van der Waals surface area contributed by atoms with Gasteiger partial charge in [-0.25, -0.2) is 0 Å². The molecule has 3 heteroatoms. The highest BCUT2D eigenvalue weighted by molar-refractivity contribution is 6.32. The van der Waals surface area contributed by atoms with Crippen LogP contribution in [0.2, 0.25) is 0 Å². The Bertz CT molecular complexity index is 282. The maximum absolute atomic E-state index is 5.60. The van der Waals surface area contributed by atoms with Crippen molar-refractivity contribution in [1.29, 1.82) is 0 Å². The molecule has 0 unspecified atom stereocenters. The summed E-state index contributed by atoms with van der Waals surface area (Å²) in [5.74, 6) is 0. The van der Waals surface area contributed by atoms with Gasteiger partial charge in [0, 0.05) is 5.56 Å². The van der Waals surface area contributed by atoms with Gasteiger partial charge in [-0.1, -0.05) is 29.7 Å². The van der Waals surface area contributed by atoms with Crippen LogP contribution >= 0.6 is 0 Å². The second kappa shape index (κ2) is 2.92. The largest absolute Gasteiger partial charge is 0.320 e. The summed E-state index contributed by atoms with van der Waals surface area (Å²) >= 11 is 0. The van der Waals surface area contributed by atoms with E-state index < -0.39 is 0 Å². The average molecular weight is 160 g/mol. The highest BCUT2D eigenvalue weighted by Gasteiger charge is 2.27. The van der Waals surface area contributed by atoms with Crippen molar-refractivity contribution in [2.45, 2.75) is 19.5 Å². The molecule has 0 spiro atoms. The number of benzene rings is 1. The van der Waals surface area contributed by atoms with Gasteiger partial charge >= 0.3 is 0 Å². The van der Waals surface area contributed by atoms with E-state index in [1.165, 1.54) is 0 Å². The van der Waals surface area contributed by atoms with E-state index in [1.807, 2.05) is 31.2 Å². The van der Waals surface area contributed by atoms with Crippen LogP contribution in [0.4, 0.5) is 0 Å². The van der Waals surface area contributed by atoms with E-state index in [9.17, 15) is 0 Å². The van der Waals surface area contributed by atoms with Crippen molar-refractivity contribution >= 4 is 13.3 Å². The molecule has 2 radical (unpaired) electrons.